The number of halogens is 1. The van der Waals surface area contributed by atoms with E-state index in [-0.39, 0.29) is 16.5 Å². The number of aliphatic hydroxyl groups excluding tert-OH is 1. The second kappa shape index (κ2) is 5.61. The summed E-state index contributed by atoms with van der Waals surface area (Å²) in [5.74, 6) is 0. The van der Waals surface area contributed by atoms with E-state index in [0.717, 1.165) is 0 Å². The van der Waals surface area contributed by atoms with Gasteiger partial charge < -0.3 is 9.84 Å². The van der Waals surface area contributed by atoms with Crippen LogP contribution in [0.2, 0.25) is 5.02 Å². The lowest BCUT2D eigenvalue weighted by Gasteiger charge is -2.37. The van der Waals surface area contributed by atoms with Gasteiger partial charge in [0.05, 0.1) is 23.7 Å². The molecular formula is C13H18ClNO4S. The third kappa shape index (κ3) is 3.15. The average molecular weight is 320 g/mol. The SMILES string of the molecule is CC1(C)CN(S(=O)(=O)c2ccc(CO)c(Cl)c2)CCO1. The van der Waals surface area contributed by atoms with E-state index in [2.05, 4.69) is 0 Å². The molecule has 0 atom stereocenters. The highest BCUT2D eigenvalue weighted by Gasteiger charge is 2.35. The number of sulfonamides is 1. The topological polar surface area (TPSA) is 66.8 Å². The molecule has 1 saturated heterocycles. The van der Waals surface area contributed by atoms with Gasteiger partial charge in [-0.05, 0) is 31.5 Å². The molecule has 0 spiro atoms. The normalized spacial score (nSPS) is 20.0. The Morgan fingerprint density at radius 3 is 2.70 bits per heavy atom. The van der Waals surface area contributed by atoms with Crippen LogP contribution in [0.25, 0.3) is 0 Å². The Labute approximate surface area is 124 Å². The van der Waals surface area contributed by atoms with E-state index in [1.807, 2.05) is 13.8 Å². The Kier molecular flexibility index (Phi) is 4.41. The molecule has 20 heavy (non-hydrogen) atoms. The van der Waals surface area contributed by atoms with E-state index < -0.39 is 15.6 Å². The van der Waals surface area contributed by atoms with Crippen LogP contribution in [-0.4, -0.2) is 43.1 Å². The third-order valence-corrected chi connectivity index (χ3v) is 5.42. The van der Waals surface area contributed by atoms with Crippen molar-refractivity contribution in [2.75, 3.05) is 19.7 Å². The zero-order valence-corrected chi connectivity index (χ0v) is 13.0. The summed E-state index contributed by atoms with van der Waals surface area (Å²) in [5.41, 5.74) is 0.00749. The molecule has 0 amide bonds. The minimum absolute atomic E-state index is 0.136. The molecule has 1 fully saturated rings. The molecule has 5 nitrogen and oxygen atoms in total. The van der Waals surface area contributed by atoms with Crippen LogP contribution in [0.15, 0.2) is 23.1 Å². The summed E-state index contributed by atoms with van der Waals surface area (Å²) in [6.45, 7) is 4.49. The summed E-state index contributed by atoms with van der Waals surface area (Å²) in [5, 5.41) is 9.32. The van der Waals surface area contributed by atoms with Crippen molar-refractivity contribution in [2.24, 2.45) is 0 Å². The molecule has 7 heteroatoms. The van der Waals surface area contributed by atoms with E-state index >= 15 is 0 Å². The molecule has 0 saturated carbocycles. The molecule has 1 N–H and O–H groups in total. The first-order valence-electron chi connectivity index (χ1n) is 6.30. The summed E-state index contributed by atoms with van der Waals surface area (Å²) in [7, 11) is -3.59. The zero-order valence-electron chi connectivity index (χ0n) is 11.5. The maximum Gasteiger partial charge on any atom is 0.243 e. The molecule has 0 aromatic heterocycles. The standard InChI is InChI=1S/C13H18ClNO4S/c1-13(2)9-15(5-6-19-13)20(17,18)11-4-3-10(8-16)12(14)7-11/h3-4,7,16H,5-6,8-9H2,1-2H3. The van der Waals surface area contributed by atoms with E-state index in [9.17, 15) is 8.42 Å². The molecule has 1 aliphatic rings. The number of hydrogen-bond donors (Lipinski definition) is 1. The molecule has 1 aromatic carbocycles. The molecule has 0 unspecified atom stereocenters. The van der Waals surface area contributed by atoms with Gasteiger partial charge in [0.25, 0.3) is 0 Å². The molecule has 0 radical (unpaired) electrons. The van der Waals surface area contributed by atoms with Crippen LogP contribution in [0.4, 0.5) is 0 Å². The number of morpholine rings is 1. The third-order valence-electron chi connectivity index (χ3n) is 3.22. The smallest absolute Gasteiger partial charge is 0.243 e. The van der Waals surface area contributed by atoms with Crippen molar-refractivity contribution in [1.29, 1.82) is 0 Å². The van der Waals surface area contributed by atoms with Crippen LogP contribution in [0.3, 0.4) is 0 Å². The predicted octanol–water partition coefficient (Wildman–Crippen LogP) is 1.63. The van der Waals surface area contributed by atoms with Gasteiger partial charge in [-0.2, -0.15) is 4.31 Å². The quantitative estimate of drug-likeness (QED) is 0.919. The Hall–Kier alpha value is -0.660. The van der Waals surface area contributed by atoms with Gasteiger partial charge in [-0.15, -0.1) is 0 Å². The van der Waals surface area contributed by atoms with E-state index in [4.69, 9.17) is 21.4 Å². The van der Waals surface area contributed by atoms with Gasteiger partial charge in [0.15, 0.2) is 0 Å². The molecular weight excluding hydrogens is 302 g/mol. The summed E-state index contributed by atoms with van der Waals surface area (Å²) in [4.78, 5) is 0.136. The first kappa shape index (κ1) is 15.7. The first-order valence-corrected chi connectivity index (χ1v) is 8.11. The van der Waals surface area contributed by atoms with Gasteiger partial charge >= 0.3 is 0 Å². The van der Waals surface area contributed by atoms with Crippen LogP contribution < -0.4 is 0 Å². The van der Waals surface area contributed by atoms with Crippen molar-refractivity contribution in [2.45, 2.75) is 31.0 Å². The second-order valence-corrected chi connectivity index (χ2v) is 7.70. The van der Waals surface area contributed by atoms with Crippen molar-refractivity contribution in [3.05, 3.63) is 28.8 Å². The monoisotopic (exact) mass is 319 g/mol. The Morgan fingerprint density at radius 2 is 2.15 bits per heavy atom. The molecule has 1 heterocycles. The fourth-order valence-corrected chi connectivity index (χ4v) is 4.05. The highest BCUT2D eigenvalue weighted by molar-refractivity contribution is 7.89. The van der Waals surface area contributed by atoms with Crippen LogP contribution in [0, 0.1) is 0 Å². The van der Waals surface area contributed by atoms with Crippen molar-refractivity contribution < 1.29 is 18.3 Å². The largest absolute Gasteiger partial charge is 0.392 e. The summed E-state index contributed by atoms with van der Waals surface area (Å²) in [6, 6.07) is 4.38. The molecule has 1 aromatic rings. The zero-order chi connectivity index (χ0) is 15.0. The van der Waals surface area contributed by atoms with Crippen LogP contribution in [0.1, 0.15) is 19.4 Å². The van der Waals surface area contributed by atoms with E-state index in [0.29, 0.717) is 25.3 Å². The maximum atomic E-state index is 12.6. The predicted molar refractivity (Wildman–Crippen MR) is 76.2 cm³/mol. The Morgan fingerprint density at radius 1 is 1.45 bits per heavy atom. The highest BCUT2D eigenvalue weighted by Crippen LogP contribution is 2.26. The van der Waals surface area contributed by atoms with Gasteiger partial charge in [0.1, 0.15) is 0 Å². The lowest BCUT2D eigenvalue weighted by atomic mass is 10.1. The molecule has 112 valence electrons. The number of benzene rings is 1. The minimum atomic E-state index is -3.59. The number of aliphatic hydroxyl groups is 1. The van der Waals surface area contributed by atoms with Crippen molar-refractivity contribution >= 4 is 21.6 Å². The fraction of sp³-hybridized carbons (Fsp3) is 0.538. The van der Waals surface area contributed by atoms with E-state index in [1.54, 1.807) is 0 Å². The molecule has 1 aliphatic heterocycles. The van der Waals surface area contributed by atoms with Crippen molar-refractivity contribution in [3.63, 3.8) is 0 Å². The Balaban J connectivity index is 2.33. The number of ether oxygens (including phenoxy) is 1. The van der Waals surface area contributed by atoms with Crippen molar-refractivity contribution in [1.82, 2.24) is 4.31 Å². The number of rotatable bonds is 3. The van der Waals surface area contributed by atoms with Crippen LogP contribution >= 0.6 is 11.6 Å². The number of nitrogens with zero attached hydrogens (tertiary/aromatic N) is 1. The van der Waals surface area contributed by atoms with E-state index in [1.165, 1.54) is 22.5 Å². The summed E-state index contributed by atoms with van der Waals surface area (Å²) < 4.78 is 32.1. The first-order chi connectivity index (χ1) is 9.26. The second-order valence-electron chi connectivity index (χ2n) is 5.36. The fourth-order valence-electron chi connectivity index (χ4n) is 2.14. The maximum absolute atomic E-state index is 12.6. The average Bonchev–Trinajstić information content (AvgIpc) is 2.37. The van der Waals surface area contributed by atoms with Crippen LogP contribution in [-0.2, 0) is 21.4 Å². The minimum Gasteiger partial charge on any atom is -0.392 e. The lowest BCUT2D eigenvalue weighted by molar-refractivity contribution is -0.0640. The Bertz CT molecular complexity index is 600. The van der Waals surface area contributed by atoms with Gasteiger partial charge in [-0.1, -0.05) is 17.7 Å². The van der Waals surface area contributed by atoms with Gasteiger partial charge in [0.2, 0.25) is 10.0 Å². The van der Waals surface area contributed by atoms with Crippen molar-refractivity contribution in [3.8, 4) is 0 Å². The summed E-state index contributed by atoms with van der Waals surface area (Å²) in [6.07, 6.45) is 0. The van der Waals surface area contributed by atoms with Gasteiger partial charge in [0, 0.05) is 18.1 Å². The highest BCUT2D eigenvalue weighted by atomic mass is 35.5. The van der Waals surface area contributed by atoms with Gasteiger partial charge in [-0.25, -0.2) is 8.42 Å². The van der Waals surface area contributed by atoms with Gasteiger partial charge in [-0.3, -0.25) is 0 Å². The number of hydrogen-bond acceptors (Lipinski definition) is 4. The molecule has 0 aliphatic carbocycles. The lowest BCUT2D eigenvalue weighted by Crippen LogP contribution is -2.50. The summed E-state index contributed by atoms with van der Waals surface area (Å²) >= 11 is 5.96. The molecule has 2 rings (SSSR count). The van der Waals surface area contributed by atoms with Crippen LogP contribution in [0.5, 0.6) is 0 Å². The molecule has 0 bridgehead atoms.